The number of nitrogens with two attached hydrogens (primary N) is 1. The lowest BCUT2D eigenvalue weighted by Gasteiger charge is -2.12. The molecule has 1 aliphatic rings. The van der Waals surface area contributed by atoms with Crippen molar-refractivity contribution in [2.75, 3.05) is 22.6 Å². The van der Waals surface area contributed by atoms with Gasteiger partial charge in [-0.25, -0.2) is 4.98 Å². The molecule has 0 saturated carbocycles. The first kappa shape index (κ1) is 8.69. The predicted octanol–water partition coefficient (Wildman–Crippen LogP) is 1.58. The Balaban J connectivity index is 2.00. The lowest BCUT2D eigenvalue weighted by molar-refractivity contribution is 0.813. The van der Waals surface area contributed by atoms with E-state index in [0.717, 1.165) is 5.69 Å². The zero-order valence-electron chi connectivity index (χ0n) is 7.36. The van der Waals surface area contributed by atoms with Gasteiger partial charge in [0.15, 0.2) is 0 Å². The smallest absolute Gasteiger partial charge is 0.125 e. The fourth-order valence-electron chi connectivity index (χ4n) is 1.42. The van der Waals surface area contributed by atoms with Crippen molar-refractivity contribution in [3.05, 3.63) is 18.3 Å². The molecule has 1 saturated heterocycles. The van der Waals surface area contributed by atoms with Crippen molar-refractivity contribution in [1.29, 1.82) is 0 Å². The van der Waals surface area contributed by atoms with E-state index in [4.69, 9.17) is 5.73 Å². The summed E-state index contributed by atoms with van der Waals surface area (Å²) in [5.41, 5.74) is 6.66. The molecular weight excluding hydrogens is 182 g/mol. The molecule has 70 valence electrons. The maximum atomic E-state index is 5.58. The van der Waals surface area contributed by atoms with Gasteiger partial charge in [-0.2, -0.15) is 11.8 Å². The summed E-state index contributed by atoms with van der Waals surface area (Å²) in [4.78, 5) is 3.95. The van der Waals surface area contributed by atoms with Gasteiger partial charge < -0.3 is 11.1 Å². The number of nitrogens with one attached hydrogen (secondary N) is 1. The standard InChI is InChI=1S/C9H13N3S/c10-9-5-7(1-3-11-9)12-8-2-4-13-6-8/h1,3,5,8H,2,4,6H2,(H3,10,11,12). The number of rotatable bonds is 2. The van der Waals surface area contributed by atoms with Gasteiger partial charge in [-0.3, -0.25) is 0 Å². The van der Waals surface area contributed by atoms with Gasteiger partial charge in [0.1, 0.15) is 5.82 Å². The summed E-state index contributed by atoms with van der Waals surface area (Å²) < 4.78 is 0. The van der Waals surface area contributed by atoms with E-state index >= 15 is 0 Å². The second kappa shape index (κ2) is 3.87. The number of pyridine rings is 1. The molecule has 1 aliphatic heterocycles. The Morgan fingerprint density at radius 2 is 2.54 bits per heavy atom. The SMILES string of the molecule is Nc1cc(NC2CCSC2)ccn1. The monoisotopic (exact) mass is 195 g/mol. The third-order valence-electron chi connectivity index (χ3n) is 2.08. The molecular formula is C9H13N3S. The van der Waals surface area contributed by atoms with Gasteiger partial charge in [-0.1, -0.05) is 0 Å². The summed E-state index contributed by atoms with van der Waals surface area (Å²) in [6.07, 6.45) is 2.98. The Morgan fingerprint density at radius 1 is 1.62 bits per heavy atom. The number of hydrogen-bond acceptors (Lipinski definition) is 4. The molecule has 2 rings (SSSR count). The summed E-state index contributed by atoms with van der Waals surface area (Å²) >= 11 is 2.00. The molecule has 0 bridgehead atoms. The predicted molar refractivity (Wildman–Crippen MR) is 58.0 cm³/mol. The Morgan fingerprint density at radius 3 is 3.23 bits per heavy atom. The van der Waals surface area contributed by atoms with Crippen LogP contribution in [0.5, 0.6) is 0 Å². The number of hydrogen-bond donors (Lipinski definition) is 2. The quantitative estimate of drug-likeness (QED) is 0.752. The van der Waals surface area contributed by atoms with Crippen LogP contribution in [0.4, 0.5) is 11.5 Å². The Kier molecular flexibility index (Phi) is 2.59. The third-order valence-corrected chi connectivity index (χ3v) is 3.24. The van der Waals surface area contributed by atoms with E-state index in [1.807, 2.05) is 23.9 Å². The topological polar surface area (TPSA) is 50.9 Å². The number of thioether (sulfide) groups is 1. The molecule has 4 heteroatoms. The minimum Gasteiger partial charge on any atom is -0.384 e. The molecule has 0 radical (unpaired) electrons. The van der Waals surface area contributed by atoms with E-state index in [0.29, 0.717) is 11.9 Å². The molecule has 1 aromatic rings. The maximum Gasteiger partial charge on any atom is 0.125 e. The molecule has 3 N–H and O–H groups in total. The lowest BCUT2D eigenvalue weighted by Crippen LogP contribution is -2.18. The van der Waals surface area contributed by atoms with Crippen LogP contribution in [0, 0.1) is 0 Å². The van der Waals surface area contributed by atoms with Crippen LogP contribution in [0.15, 0.2) is 18.3 Å². The van der Waals surface area contributed by atoms with Crippen LogP contribution in [0.25, 0.3) is 0 Å². The Hall–Kier alpha value is -0.900. The average Bonchev–Trinajstić information content (AvgIpc) is 2.57. The minimum atomic E-state index is 0.579. The summed E-state index contributed by atoms with van der Waals surface area (Å²) in [5, 5.41) is 3.44. The molecule has 1 atom stereocenters. The molecule has 0 aromatic carbocycles. The van der Waals surface area contributed by atoms with E-state index in [1.165, 1.54) is 17.9 Å². The van der Waals surface area contributed by atoms with Crippen LogP contribution >= 0.6 is 11.8 Å². The first-order chi connectivity index (χ1) is 6.34. The van der Waals surface area contributed by atoms with Crippen LogP contribution in [0.3, 0.4) is 0 Å². The van der Waals surface area contributed by atoms with Crippen LogP contribution < -0.4 is 11.1 Å². The van der Waals surface area contributed by atoms with Gasteiger partial charge in [0.05, 0.1) is 0 Å². The highest BCUT2D eigenvalue weighted by Gasteiger charge is 2.14. The maximum absolute atomic E-state index is 5.58. The number of aromatic nitrogens is 1. The first-order valence-electron chi connectivity index (χ1n) is 4.40. The second-order valence-corrected chi connectivity index (χ2v) is 4.32. The first-order valence-corrected chi connectivity index (χ1v) is 5.56. The molecule has 3 nitrogen and oxygen atoms in total. The van der Waals surface area contributed by atoms with Gasteiger partial charge in [0.25, 0.3) is 0 Å². The Labute approximate surface area is 82.1 Å². The minimum absolute atomic E-state index is 0.579. The summed E-state index contributed by atoms with van der Waals surface area (Å²) in [6, 6.07) is 4.44. The van der Waals surface area contributed by atoms with Crippen molar-refractivity contribution in [3.63, 3.8) is 0 Å². The van der Waals surface area contributed by atoms with E-state index in [-0.39, 0.29) is 0 Å². The zero-order chi connectivity index (χ0) is 9.10. The molecule has 0 amide bonds. The normalized spacial score (nSPS) is 21.7. The number of nitrogens with zero attached hydrogens (tertiary/aromatic N) is 1. The second-order valence-electron chi connectivity index (χ2n) is 3.17. The highest BCUT2D eigenvalue weighted by Crippen LogP contribution is 2.21. The molecule has 0 aliphatic carbocycles. The van der Waals surface area contributed by atoms with Crippen LogP contribution in [-0.2, 0) is 0 Å². The largest absolute Gasteiger partial charge is 0.384 e. The van der Waals surface area contributed by atoms with E-state index < -0.39 is 0 Å². The highest BCUT2D eigenvalue weighted by molar-refractivity contribution is 7.99. The fraction of sp³-hybridized carbons (Fsp3) is 0.444. The van der Waals surface area contributed by atoms with Gasteiger partial charge in [0.2, 0.25) is 0 Å². The molecule has 1 unspecified atom stereocenters. The van der Waals surface area contributed by atoms with Crippen molar-refractivity contribution in [1.82, 2.24) is 4.98 Å². The van der Waals surface area contributed by atoms with E-state index in [9.17, 15) is 0 Å². The summed E-state index contributed by atoms with van der Waals surface area (Å²) in [6.45, 7) is 0. The molecule has 1 fully saturated rings. The van der Waals surface area contributed by atoms with Gasteiger partial charge in [-0.05, 0) is 18.2 Å². The van der Waals surface area contributed by atoms with Crippen LogP contribution in [-0.4, -0.2) is 22.5 Å². The van der Waals surface area contributed by atoms with Crippen molar-refractivity contribution < 1.29 is 0 Å². The van der Waals surface area contributed by atoms with Crippen LogP contribution in [0.2, 0.25) is 0 Å². The summed E-state index contributed by atoms with van der Waals surface area (Å²) in [7, 11) is 0. The van der Waals surface area contributed by atoms with Crippen molar-refractivity contribution in [3.8, 4) is 0 Å². The average molecular weight is 195 g/mol. The van der Waals surface area contributed by atoms with Gasteiger partial charge >= 0.3 is 0 Å². The molecule has 2 heterocycles. The number of anilines is 2. The van der Waals surface area contributed by atoms with Crippen LogP contribution in [0.1, 0.15) is 6.42 Å². The van der Waals surface area contributed by atoms with Gasteiger partial charge in [0, 0.05) is 29.7 Å². The molecule has 1 aromatic heterocycles. The van der Waals surface area contributed by atoms with Crippen molar-refractivity contribution >= 4 is 23.3 Å². The summed E-state index contributed by atoms with van der Waals surface area (Å²) in [5.74, 6) is 3.04. The van der Waals surface area contributed by atoms with E-state index in [1.54, 1.807) is 6.20 Å². The lowest BCUT2D eigenvalue weighted by atomic mass is 10.2. The molecule has 0 spiro atoms. The molecule has 13 heavy (non-hydrogen) atoms. The third kappa shape index (κ3) is 2.28. The van der Waals surface area contributed by atoms with Crippen molar-refractivity contribution in [2.45, 2.75) is 12.5 Å². The zero-order valence-corrected chi connectivity index (χ0v) is 8.18. The van der Waals surface area contributed by atoms with Crippen molar-refractivity contribution in [2.24, 2.45) is 0 Å². The number of nitrogen functional groups attached to an aromatic ring is 1. The highest BCUT2D eigenvalue weighted by atomic mass is 32.2. The van der Waals surface area contributed by atoms with E-state index in [2.05, 4.69) is 10.3 Å². The fourth-order valence-corrected chi connectivity index (χ4v) is 2.57. The van der Waals surface area contributed by atoms with Gasteiger partial charge in [-0.15, -0.1) is 0 Å². The Bertz CT molecular complexity index is 284.